The summed E-state index contributed by atoms with van der Waals surface area (Å²) < 4.78 is 6.09. The van der Waals surface area contributed by atoms with Crippen LogP contribution in [-0.2, 0) is 16.1 Å². The van der Waals surface area contributed by atoms with E-state index in [1.54, 1.807) is 26.0 Å². The number of nitrogens with zero attached hydrogens (tertiary/aromatic N) is 1. The van der Waals surface area contributed by atoms with E-state index in [0.717, 1.165) is 11.1 Å². The molecule has 0 aliphatic rings. The molecule has 0 aliphatic heterocycles. The van der Waals surface area contributed by atoms with Crippen molar-refractivity contribution in [3.63, 3.8) is 0 Å². The van der Waals surface area contributed by atoms with Crippen LogP contribution in [0.25, 0.3) is 0 Å². The highest BCUT2D eigenvalue weighted by Crippen LogP contribution is 2.19. The SMILES string of the molecule is CC(=O)OCCn1c(C(=O)c2cc(C)cc(C)c2)c(C(C)C)c(=O)[nH]c1=O. The monoisotopic (exact) mass is 372 g/mol. The highest BCUT2D eigenvalue weighted by Gasteiger charge is 2.24. The molecule has 1 aromatic heterocycles. The van der Waals surface area contributed by atoms with Gasteiger partial charge >= 0.3 is 11.7 Å². The molecule has 7 nitrogen and oxygen atoms in total. The zero-order chi connectivity index (χ0) is 20.3. The Kier molecular flexibility index (Phi) is 6.15. The summed E-state index contributed by atoms with van der Waals surface area (Å²) in [6.07, 6.45) is 0. The van der Waals surface area contributed by atoms with Gasteiger partial charge in [-0.1, -0.05) is 31.0 Å². The van der Waals surface area contributed by atoms with E-state index >= 15 is 0 Å². The molecule has 0 bridgehead atoms. The van der Waals surface area contributed by atoms with Crippen molar-refractivity contribution < 1.29 is 14.3 Å². The average Bonchev–Trinajstić information content (AvgIpc) is 2.54. The van der Waals surface area contributed by atoms with Gasteiger partial charge in [-0.2, -0.15) is 0 Å². The highest BCUT2D eigenvalue weighted by atomic mass is 16.5. The first kappa shape index (κ1) is 20.4. The number of benzene rings is 1. The summed E-state index contributed by atoms with van der Waals surface area (Å²) in [7, 11) is 0. The molecular formula is C20H24N2O5. The summed E-state index contributed by atoms with van der Waals surface area (Å²) in [5, 5.41) is 0. The minimum absolute atomic E-state index is 0.0270. The number of carbonyl (C=O) groups is 2. The van der Waals surface area contributed by atoms with E-state index in [1.165, 1.54) is 11.5 Å². The number of ether oxygens (including phenoxy) is 1. The molecule has 0 spiro atoms. The molecule has 0 fully saturated rings. The van der Waals surface area contributed by atoms with Crippen molar-refractivity contribution in [1.82, 2.24) is 9.55 Å². The lowest BCUT2D eigenvalue weighted by atomic mass is 9.95. The second kappa shape index (κ2) is 8.16. The number of aromatic nitrogens is 2. The van der Waals surface area contributed by atoms with Crippen molar-refractivity contribution in [2.24, 2.45) is 0 Å². The van der Waals surface area contributed by atoms with Crippen molar-refractivity contribution in [2.45, 2.75) is 47.1 Å². The fourth-order valence-electron chi connectivity index (χ4n) is 3.10. The van der Waals surface area contributed by atoms with Crippen LogP contribution < -0.4 is 11.2 Å². The predicted molar refractivity (Wildman–Crippen MR) is 101 cm³/mol. The average molecular weight is 372 g/mol. The number of carbonyl (C=O) groups excluding carboxylic acids is 2. The van der Waals surface area contributed by atoms with Crippen molar-refractivity contribution in [3.8, 4) is 0 Å². The minimum Gasteiger partial charge on any atom is -0.464 e. The number of aromatic amines is 1. The molecule has 2 rings (SSSR count). The van der Waals surface area contributed by atoms with Crippen LogP contribution in [0.2, 0.25) is 0 Å². The van der Waals surface area contributed by atoms with Crippen LogP contribution in [-0.4, -0.2) is 27.9 Å². The van der Waals surface area contributed by atoms with Crippen LogP contribution in [0.15, 0.2) is 27.8 Å². The summed E-state index contributed by atoms with van der Waals surface area (Å²) in [6.45, 7) is 8.47. The predicted octanol–water partition coefficient (Wildman–Crippen LogP) is 2.07. The summed E-state index contributed by atoms with van der Waals surface area (Å²) >= 11 is 0. The van der Waals surface area contributed by atoms with E-state index in [9.17, 15) is 19.2 Å². The maximum atomic E-state index is 13.3. The second-order valence-corrected chi connectivity index (χ2v) is 6.87. The van der Waals surface area contributed by atoms with Gasteiger partial charge in [0, 0.05) is 18.1 Å². The molecule has 1 aromatic carbocycles. The Balaban J connectivity index is 2.69. The number of hydrogen-bond donors (Lipinski definition) is 1. The van der Waals surface area contributed by atoms with E-state index in [-0.39, 0.29) is 30.3 Å². The van der Waals surface area contributed by atoms with E-state index in [0.29, 0.717) is 5.56 Å². The molecule has 7 heteroatoms. The summed E-state index contributed by atoms with van der Waals surface area (Å²) in [6, 6.07) is 5.38. The van der Waals surface area contributed by atoms with Crippen LogP contribution in [0.1, 0.15) is 59.4 Å². The molecule has 2 aromatic rings. The van der Waals surface area contributed by atoms with Gasteiger partial charge in [0.2, 0.25) is 5.78 Å². The Morgan fingerprint density at radius 3 is 2.22 bits per heavy atom. The second-order valence-electron chi connectivity index (χ2n) is 6.87. The zero-order valence-corrected chi connectivity index (χ0v) is 16.2. The van der Waals surface area contributed by atoms with Crippen molar-refractivity contribution >= 4 is 11.8 Å². The van der Waals surface area contributed by atoms with Gasteiger partial charge in [0.1, 0.15) is 12.3 Å². The molecule has 1 heterocycles. The lowest BCUT2D eigenvalue weighted by molar-refractivity contribution is -0.141. The molecule has 144 valence electrons. The van der Waals surface area contributed by atoms with E-state index in [2.05, 4.69) is 4.98 Å². The Morgan fingerprint density at radius 2 is 1.70 bits per heavy atom. The van der Waals surface area contributed by atoms with Gasteiger partial charge in [0.25, 0.3) is 5.56 Å². The number of ketones is 1. The molecule has 0 amide bonds. The maximum Gasteiger partial charge on any atom is 0.329 e. The third kappa shape index (κ3) is 4.61. The first-order valence-electron chi connectivity index (χ1n) is 8.75. The number of esters is 1. The highest BCUT2D eigenvalue weighted by molar-refractivity contribution is 6.09. The molecule has 0 saturated heterocycles. The Hall–Kier alpha value is -2.96. The molecule has 1 N–H and O–H groups in total. The fraction of sp³-hybridized carbons (Fsp3) is 0.400. The molecule has 0 radical (unpaired) electrons. The van der Waals surface area contributed by atoms with Gasteiger partial charge in [-0.25, -0.2) is 4.79 Å². The van der Waals surface area contributed by atoms with Crippen LogP contribution in [0.4, 0.5) is 0 Å². The first-order chi connectivity index (χ1) is 12.6. The number of aryl methyl sites for hydroxylation is 2. The standard InChI is InChI=1S/C20H24N2O5/c1-11(2)16-17(18(24)15-9-12(3)8-13(4)10-15)22(6-7-27-14(5)23)20(26)21-19(16)25/h8-11H,6-7H2,1-5H3,(H,21,25,26). The van der Waals surface area contributed by atoms with Crippen LogP contribution in [0, 0.1) is 13.8 Å². The van der Waals surface area contributed by atoms with Gasteiger partial charge in [-0.15, -0.1) is 0 Å². The normalized spacial score (nSPS) is 10.9. The number of H-pyrrole nitrogens is 1. The smallest absolute Gasteiger partial charge is 0.329 e. The molecular weight excluding hydrogens is 348 g/mol. The summed E-state index contributed by atoms with van der Waals surface area (Å²) in [4.78, 5) is 51.4. The minimum atomic E-state index is -0.704. The van der Waals surface area contributed by atoms with Crippen molar-refractivity contribution in [2.75, 3.05) is 6.61 Å². The van der Waals surface area contributed by atoms with E-state index in [1.807, 2.05) is 19.9 Å². The number of rotatable bonds is 6. The summed E-state index contributed by atoms with van der Waals surface area (Å²) in [5.74, 6) is -1.17. The molecule has 0 atom stereocenters. The number of nitrogens with one attached hydrogen (secondary N) is 1. The van der Waals surface area contributed by atoms with Gasteiger partial charge in [0.05, 0.1) is 6.54 Å². The van der Waals surface area contributed by atoms with Gasteiger partial charge in [-0.05, 0) is 31.9 Å². The molecule has 0 unspecified atom stereocenters. The largest absolute Gasteiger partial charge is 0.464 e. The summed E-state index contributed by atoms with van der Waals surface area (Å²) in [5.41, 5.74) is 1.21. The topological polar surface area (TPSA) is 98.2 Å². The van der Waals surface area contributed by atoms with Gasteiger partial charge in [0.15, 0.2) is 0 Å². The zero-order valence-electron chi connectivity index (χ0n) is 16.2. The van der Waals surface area contributed by atoms with Crippen molar-refractivity contribution in [3.05, 3.63) is 67.0 Å². The third-order valence-electron chi connectivity index (χ3n) is 4.13. The maximum absolute atomic E-state index is 13.3. The molecule has 27 heavy (non-hydrogen) atoms. The fourth-order valence-corrected chi connectivity index (χ4v) is 3.10. The van der Waals surface area contributed by atoms with Crippen LogP contribution in [0.5, 0.6) is 0 Å². The van der Waals surface area contributed by atoms with Crippen LogP contribution >= 0.6 is 0 Å². The van der Waals surface area contributed by atoms with E-state index < -0.39 is 23.0 Å². The first-order valence-corrected chi connectivity index (χ1v) is 8.75. The Bertz CT molecular complexity index is 978. The van der Waals surface area contributed by atoms with Crippen molar-refractivity contribution in [1.29, 1.82) is 0 Å². The van der Waals surface area contributed by atoms with E-state index in [4.69, 9.17) is 4.74 Å². The van der Waals surface area contributed by atoms with Gasteiger partial charge in [-0.3, -0.25) is 23.9 Å². The molecule has 0 aliphatic carbocycles. The third-order valence-corrected chi connectivity index (χ3v) is 4.13. The quantitative estimate of drug-likeness (QED) is 0.618. The Labute approximate surface area is 157 Å². The lowest BCUT2D eigenvalue weighted by Crippen LogP contribution is -2.38. The number of hydrogen-bond acceptors (Lipinski definition) is 5. The lowest BCUT2D eigenvalue weighted by Gasteiger charge is -2.17. The van der Waals surface area contributed by atoms with Crippen LogP contribution in [0.3, 0.4) is 0 Å². The Morgan fingerprint density at radius 1 is 1.11 bits per heavy atom. The van der Waals surface area contributed by atoms with Gasteiger partial charge < -0.3 is 4.74 Å². The molecule has 0 saturated carbocycles.